The number of thiazole rings is 1. The van der Waals surface area contributed by atoms with E-state index in [4.69, 9.17) is 4.74 Å². The number of carbonyl (C=O) groups excluding carboxylic acids is 1. The van der Waals surface area contributed by atoms with Gasteiger partial charge in [-0.15, -0.1) is 0 Å². The molecular weight excluding hydrogens is 164 g/mol. The highest BCUT2D eigenvalue weighted by Crippen LogP contribution is 2.20. The molecule has 4 nitrogen and oxygen atoms in total. The second-order valence-electron chi connectivity index (χ2n) is 1.88. The number of rotatable bonds is 2. The van der Waals surface area contributed by atoms with Crippen LogP contribution < -0.4 is 10.1 Å². The van der Waals surface area contributed by atoms with E-state index < -0.39 is 0 Å². The van der Waals surface area contributed by atoms with Crippen molar-refractivity contribution in [1.29, 1.82) is 0 Å². The molecule has 1 rings (SSSR count). The van der Waals surface area contributed by atoms with Crippen LogP contribution in [0.15, 0.2) is 5.38 Å². The number of hydrogen-bond donors (Lipinski definition) is 1. The highest BCUT2D eigenvalue weighted by atomic mass is 32.1. The van der Waals surface area contributed by atoms with Crippen molar-refractivity contribution in [3.05, 3.63) is 5.38 Å². The lowest BCUT2D eigenvalue weighted by Gasteiger charge is -1.93. The lowest BCUT2D eigenvalue weighted by atomic mass is 10.6. The Labute approximate surface area is 68.2 Å². The summed E-state index contributed by atoms with van der Waals surface area (Å²) in [4.78, 5) is 14.5. The van der Waals surface area contributed by atoms with Gasteiger partial charge in [-0.3, -0.25) is 4.79 Å². The van der Waals surface area contributed by atoms with Gasteiger partial charge < -0.3 is 10.1 Å². The minimum atomic E-state index is -0.127. The highest BCUT2D eigenvalue weighted by molar-refractivity contribution is 7.11. The molecular formula is C6H8N2O2S. The Hall–Kier alpha value is -1.10. The second kappa shape index (κ2) is 3.34. The van der Waals surface area contributed by atoms with Crippen LogP contribution in [-0.4, -0.2) is 18.0 Å². The van der Waals surface area contributed by atoms with E-state index in [1.165, 1.54) is 25.4 Å². The summed E-state index contributed by atoms with van der Waals surface area (Å²) in [5.41, 5.74) is 0. The molecule has 0 fully saturated rings. The first kappa shape index (κ1) is 8.00. The predicted molar refractivity (Wildman–Crippen MR) is 43.0 cm³/mol. The zero-order valence-corrected chi connectivity index (χ0v) is 7.07. The number of anilines is 1. The molecule has 0 aliphatic heterocycles. The lowest BCUT2D eigenvalue weighted by molar-refractivity contribution is -0.114. The van der Waals surface area contributed by atoms with Crippen LogP contribution in [-0.2, 0) is 4.79 Å². The molecule has 0 saturated heterocycles. The van der Waals surface area contributed by atoms with Crippen molar-refractivity contribution in [2.24, 2.45) is 0 Å². The molecule has 0 unspecified atom stereocenters. The fraction of sp³-hybridized carbons (Fsp3) is 0.333. The molecule has 60 valence electrons. The summed E-state index contributed by atoms with van der Waals surface area (Å²) in [5, 5.41) is 4.81. The van der Waals surface area contributed by atoms with E-state index in [-0.39, 0.29) is 5.91 Å². The fourth-order valence-corrected chi connectivity index (χ4v) is 1.16. The van der Waals surface area contributed by atoms with Crippen LogP contribution in [0, 0.1) is 0 Å². The zero-order valence-electron chi connectivity index (χ0n) is 6.25. The first-order chi connectivity index (χ1) is 5.22. The quantitative estimate of drug-likeness (QED) is 0.727. The zero-order chi connectivity index (χ0) is 8.27. The average molecular weight is 172 g/mol. The normalized spacial score (nSPS) is 9.27. The summed E-state index contributed by atoms with van der Waals surface area (Å²) in [7, 11) is 1.54. The lowest BCUT2D eigenvalue weighted by Crippen LogP contribution is -2.05. The molecule has 1 N–H and O–H groups in total. The monoisotopic (exact) mass is 172 g/mol. The van der Waals surface area contributed by atoms with E-state index in [1.807, 2.05) is 0 Å². The standard InChI is InChI=1S/C6H8N2O2S/c1-4(9)7-5-3-11-6(8-5)10-2/h3H,1-2H3,(H,7,9). The molecule has 1 heterocycles. The highest BCUT2D eigenvalue weighted by Gasteiger charge is 2.01. The van der Waals surface area contributed by atoms with Crippen LogP contribution in [0.25, 0.3) is 0 Å². The minimum Gasteiger partial charge on any atom is -0.473 e. The van der Waals surface area contributed by atoms with Gasteiger partial charge in [-0.25, -0.2) is 0 Å². The van der Waals surface area contributed by atoms with Crippen LogP contribution in [0.2, 0.25) is 0 Å². The Bertz CT molecular complexity index is 259. The van der Waals surface area contributed by atoms with Gasteiger partial charge >= 0.3 is 0 Å². The topological polar surface area (TPSA) is 51.2 Å². The van der Waals surface area contributed by atoms with Gasteiger partial charge in [0.1, 0.15) is 5.82 Å². The molecule has 1 aromatic heterocycles. The van der Waals surface area contributed by atoms with E-state index >= 15 is 0 Å². The maximum Gasteiger partial charge on any atom is 0.274 e. The van der Waals surface area contributed by atoms with Crippen molar-refractivity contribution in [1.82, 2.24) is 4.98 Å². The molecule has 0 atom stereocenters. The number of carbonyl (C=O) groups is 1. The third kappa shape index (κ3) is 2.19. The number of amides is 1. The van der Waals surface area contributed by atoms with Gasteiger partial charge in [0.15, 0.2) is 0 Å². The Morgan fingerprint density at radius 3 is 3.00 bits per heavy atom. The van der Waals surface area contributed by atoms with E-state index in [0.29, 0.717) is 11.0 Å². The van der Waals surface area contributed by atoms with Gasteiger partial charge in [0.25, 0.3) is 5.19 Å². The molecule has 0 bridgehead atoms. The largest absolute Gasteiger partial charge is 0.473 e. The number of ether oxygens (including phenoxy) is 1. The second-order valence-corrected chi connectivity index (χ2v) is 2.70. The molecule has 11 heavy (non-hydrogen) atoms. The maximum atomic E-state index is 10.5. The predicted octanol–water partition coefficient (Wildman–Crippen LogP) is 1.11. The van der Waals surface area contributed by atoms with Gasteiger partial charge in [-0.05, 0) is 0 Å². The first-order valence-corrected chi connectivity index (χ1v) is 3.87. The van der Waals surface area contributed by atoms with E-state index in [0.717, 1.165) is 0 Å². The SMILES string of the molecule is COc1nc(NC(C)=O)cs1. The Morgan fingerprint density at radius 2 is 2.55 bits per heavy atom. The number of nitrogens with zero attached hydrogens (tertiary/aromatic N) is 1. The van der Waals surface area contributed by atoms with Gasteiger partial charge in [-0.1, -0.05) is 11.3 Å². The first-order valence-electron chi connectivity index (χ1n) is 2.99. The third-order valence-electron chi connectivity index (χ3n) is 0.962. The molecule has 0 aliphatic carbocycles. The third-order valence-corrected chi connectivity index (χ3v) is 1.76. The van der Waals surface area contributed by atoms with Crippen molar-refractivity contribution in [2.75, 3.05) is 12.4 Å². The van der Waals surface area contributed by atoms with E-state index in [9.17, 15) is 4.79 Å². The Kier molecular flexibility index (Phi) is 2.43. The van der Waals surface area contributed by atoms with Crippen molar-refractivity contribution < 1.29 is 9.53 Å². The summed E-state index contributed by atoms with van der Waals surface area (Å²) >= 11 is 1.34. The van der Waals surface area contributed by atoms with Crippen LogP contribution in [0.3, 0.4) is 0 Å². The van der Waals surface area contributed by atoms with Gasteiger partial charge in [0.2, 0.25) is 5.91 Å². The molecule has 1 aromatic rings. The minimum absolute atomic E-state index is 0.127. The van der Waals surface area contributed by atoms with Gasteiger partial charge in [0.05, 0.1) is 7.11 Å². The van der Waals surface area contributed by atoms with E-state index in [1.54, 1.807) is 5.38 Å². The number of aromatic nitrogens is 1. The van der Waals surface area contributed by atoms with Crippen LogP contribution in [0.5, 0.6) is 5.19 Å². The summed E-state index contributed by atoms with van der Waals surface area (Å²) < 4.78 is 4.83. The molecule has 0 aromatic carbocycles. The molecule has 0 saturated carbocycles. The van der Waals surface area contributed by atoms with Crippen molar-refractivity contribution in [3.63, 3.8) is 0 Å². The molecule has 0 spiro atoms. The van der Waals surface area contributed by atoms with Crippen molar-refractivity contribution in [2.45, 2.75) is 6.92 Å². The van der Waals surface area contributed by atoms with Crippen LogP contribution in [0.1, 0.15) is 6.92 Å². The summed E-state index contributed by atoms with van der Waals surface area (Å²) in [6.45, 7) is 1.44. The summed E-state index contributed by atoms with van der Waals surface area (Å²) in [6.07, 6.45) is 0. The summed E-state index contributed by atoms with van der Waals surface area (Å²) in [5.74, 6) is 0.414. The van der Waals surface area contributed by atoms with Crippen molar-refractivity contribution in [3.8, 4) is 5.19 Å². The fourth-order valence-electron chi connectivity index (χ4n) is 0.589. The van der Waals surface area contributed by atoms with E-state index in [2.05, 4.69) is 10.3 Å². The summed E-state index contributed by atoms with van der Waals surface area (Å²) in [6, 6.07) is 0. The number of nitrogens with one attached hydrogen (secondary N) is 1. The van der Waals surface area contributed by atoms with Gasteiger partial charge in [0, 0.05) is 12.3 Å². The smallest absolute Gasteiger partial charge is 0.274 e. The number of methoxy groups -OCH3 is 1. The average Bonchev–Trinajstić information content (AvgIpc) is 2.34. The maximum absolute atomic E-state index is 10.5. The Morgan fingerprint density at radius 1 is 1.82 bits per heavy atom. The molecule has 0 radical (unpaired) electrons. The van der Waals surface area contributed by atoms with Gasteiger partial charge in [-0.2, -0.15) is 4.98 Å². The van der Waals surface area contributed by atoms with Crippen molar-refractivity contribution >= 4 is 23.1 Å². The molecule has 0 aliphatic rings. The van der Waals surface area contributed by atoms with Crippen LogP contribution >= 0.6 is 11.3 Å². The number of hydrogen-bond acceptors (Lipinski definition) is 4. The molecule has 1 amide bonds. The molecule has 5 heteroatoms. The Balaban J connectivity index is 2.65. The van der Waals surface area contributed by atoms with Crippen LogP contribution in [0.4, 0.5) is 5.82 Å².